The van der Waals surface area contributed by atoms with E-state index in [4.69, 9.17) is 11.6 Å². The van der Waals surface area contributed by atoms with Crippen LogP contribution in [0, 0.1) is 0 Å². The van der Waals surface area contributed by atoms with Crippen LogP contribution in [-0.4, -0.2) is 23.5 Å². The zero-order valence-electron chi connectivity index (χ0n) is 5.56. The van der Waals surface area contributed by atoms with Gasteiger partial charge in [-0.15, -0.1) is 11.6 Å². The van der Waals surface area contributed by atoms with E-state index in [1.165, 1.54) is 0 Å². The lowest BCUT2D eigenvalue weighted by Gasteiger charge is -2.18. The third kappa shape index (κ3) is 1.30. The van der Waals surface area contributed by atoms with Crippen molar-refractivity contribution in [3.8, 4) is 0 Å². The molecule has 0 saturated heterocycles. The Hall–Kier alpha value is -0.370. The van der Waals surface area contributed by atoms with Crippen LogP contribution in [-0.2, 0) is 0 Å². The molecule has 0 bridgehead atoms. The highest BCUT2D eigenvalue weighted by Gasteiger charge is 2.23. The molecule has 1 unspecified atom stereocenters. The minimum atomic E-state index is -0.432. The lowest BCUT2D eigenvalue weighted by molar-refractivity contribution is 0.969. The second-order valence-electron chi connectivity index (χ2n) is 2.27. The van der Waals surface area contributed by atoms with Crippen molar-refractivity contribution >= 4 is 23.5 Å². The van der Waals surface area contributed by atoms with Gasteiger partial charge < -0.3 is 0 Å². The molecule has 2 nitrogen and oxygen atoms in total. The van der Waals surface area contributed by atoms with Crippen LogP contribution in [0.1, 0.15) is 13.8 Å². The average Bonchev–Trinajstić information content (AvgIpc) is 1.77. The summed E-state index contributed by atoms with van der Waals surface area (Å²) in [4.78, 5) is 7.57. The first kappa shape index (κ1) is 6.75. The van der Waals surface area contributed by atoms with Crippen LogP contribution >= 0.6 is 11.6 Å². The highest BCUT2D eigenvalue weighted by molar-refractivity contribution is 6.44. The molecule has 50 valence electrons. The van der Waals surface area contributed by atoms with Gasteiger partial charge in [0.1, 0.15) is 11.5 Å². The molecule has 0 spiro atoms. The zero-order chi connectivity index (χ0) is 6.91. The Labute approximate surface area is 59.7 Å². The van der Waals surface area contributed by atoms with Crippen LogP contribution in [0.25, 0.3) is 0 Å². The molecule has 0 aliphatic carbocycles. The summed E-state index contributed by atoms with van der Waals surface area (Å²) in [6, 6.07) is 0. The number of rotatable bonds is 0. The van der Waals surface area contributed by atoms with Crippen molar-refractivity contribution in [1.29, 1.82) is 0 Å². The van der Waals surface area contributed by atoms with Crippen LogP contribution < -0.4 is 0 Å². The van der Waals surface area contributed by atoms with Gasteiger partial charge in [0.25, 0.3) is 0 Å². The fourth-order valence-corrected chi connectivity index (χ4v) is 0.736. The molecule has 0 fully saturated rings. The van der Waals surface area contributed by atoms with E-state index < -0.39 is 4.87 Å². The molecule has 0 aromatic carbocycles. The summed E-state index contributed by atoms with van der Waals surface area (Å²) in [7, 11) is 0. The van der Waals surface area contributed by atoms with Crippen molar-refractivity contribution in [2.45, 2.75) is 18.7 Å². The molecule has 0 amide bonds. The van der Waals surface area contributed by atoms with Crippen molar-refractivity contribution in [3.05, 3.63) is 0 Å². The lowest BCUT2D eigenvalue weighted by atomic mass is 10.1. The van der Waals surface area contributed by atoms with Crippen molar-refractivity contribution in [3.63, 3.8) is 0 Å². The van der Waals surface area contributed by atoms with E-state index in [0.29, 0.717) is 6.67 Å². The summed E-state index contributed by atoms with van der Waals surface area (Å²) in [5.41, 5.74) is 0.944. The van der Waals surface area contributed by atoms with Gasteiger partial charge in [-0.3, -0.25) is 9.98 Å². The highest BCUT2D eigenvalue weighted by atomic mass is 35.5. The number of alkyl halides is 1. The Kier molecular flexibility index (Phi) is 1.58. The Morgan fingerprint density at radius 1 is 1.78 bits per heavy atom. The maximum absolute atomic E-state index is 5.94. The van der Waals surface area contributed by atoms with Gasteiger partial charge in [0.15, 0.2) is 0 Å². The summed E-state index contributed by atoms with van der Waals surface area (Å²) in [6.07, 6.45) is 1.73. The van der Waals surface area contributed by atoms with E-state index >= 15 is 0 Å². The molecule has 1 atom stereocenters. The number of halogens is 1. The minimum absolute atomic E-state index is 0.432. The summed E-state index contributed by atoms with van der Waals surface area (Å²) < 4.78 is 0. The van der Waals surface area contributed by atoms with E-state index in [1.54, 1.807) is 6.21 Å². The largest absolute Gasteiger partial charge is 0.272 e. The highest BCUT2D eigenvalue weighted by Crippen LogP contribution is 2.16. The molecule has 0 aromatic heterocycles. The van der Waals surface area contributed by atoms with E-state index in [2.05, 4.69) is 9.98 Å². The van der Waals surface area contributed by atoms with Crippen LogP contribution in [0.15, 0.2) is 9.98 Å². The van der Waals surface area contributed by atoms with E-state index in [0.717, 1.165) is 5.71 Å². The maximum atomic E-state index is 5.94. The van der Waals surface area contributed by atoms with Gasteiger partial charge in [-0.2, -0.15) is 0 Å². The first-order chi connectivity index (χ1) is 4.13. The summed E-state index contributed by atoms with van der Waals surface area (Å²) in [6.45, 7) is 4.34. The third-order valence-electron chi connectivity index (χ3n) is 1.43. The molecule has 0 radical (unpaired) electrons. The topological polar surface area (TPSA) is 24.7 Å². The Morgan fingerprint density at radius 2 is 2.44 bits per heavy atom. The molecule has 1 aliphatic heterocycles. The number of hydrogen-bond donors (Lipinski definition) is 0. The number of nitrogens with zero attached hydrogens (tertiary/aromatic N) is 2. The summed E-state index contributed by atoms with van der Waals surface area (Å²) in [5, 5.41) is 0. The Morgan fingerprint density at radius 3 is 2.78 bits per heavy atom. The van der Waals surface area contributed by atoms with Crippen molar-refractivity contribution in [2.75, 3.05) is 6.67 Å². The van der Waals surface area contributed by atoms with E-state index in [1.807, 2.05) is 13.8 Å². The van der Waals surface area contributed by atoms with Gasteiger partial charge in [-0.05, 0) is 13.8 Å². The molecule has 3 heteroatoms. The smallest absolute Gasteiger partial charge is 0.129 e. The van der Waals surface area contributed by atoms with Crippen molar-refractivity contribution in [1.82, 2.24) is 0 Å². The predicted octanol–water partition coefficient (Wildman–Crippen LogP) is 1.49. The summed E-state index contributed by atoms with van der Waals surface area (Å²) >= 11 is 5.94. The Balaban J connectivity index is 2.83. The molecule has 9 heavy (non-hydrogen) atoms. The van der Waals surface area contributed by atoms with Gasteiger partial charge in [0, 0.05) is 11.9 Å². The minimum Gasteiger partial charge on any atom is -0.272 e. The standard InChI is InChI=1S/C6H9ClN2/c1-5-6(2,7)3-8-4-9-5/h3H,4H2,1-2H3. The fraction of sp³-hybridized carbons (Fsp3) is 0.667. The normalized spacial score (nSPS) is 34.3. The molecular weight excluding hydrogens is 136 g/mol. The van der Waals surface area contributed by atoms with E-state index in [9.17, 15) is 0 Å². The predicted molar refractivity (Wildman–Crippen MR) is 40.7 cm³/mol. The SMILES string of the molecule is CC1=NCN=CC1(C)Cl. The monoisotopic (exact) mass is 144 g/mol. The van der Waals surface area contributed by atoms with Gasteiger partial charge in [0.05, 0.1) is 0 Å². The molecule has 1 rings (SSSR count). The first-order valence-electron chi connectivity index (χ1n) is 2.84. The zero-order valence-corrected chi connectivity index (χ0v) is 6.31. The number of aliphatic imine (C=N–C) groups is 2. The Bertz CT molecular complexity index is 170. The first-order valence-corrected chi connectivity index (χ1v) is 3.22. The van der Waals surface area contributed by atoms with Crippen LogP contribution in [0.4, 0.5) is 0 Å². The molecule has 0 aromatic rings. The third-order valence-corrected chi connectivity index (χ3v) is 1.80. The van der Waals surface area contributed by atoms with Crippen LogP contribution in [0.3, 0.4) is 0 Å². The van der Waals surface area contributed by atoms with Gasteiger partial charge in [-0.1, -0.05) is 0 Å². The molecule has 0 N–H and O–H groups in total. The van der Waals surface area contributed by atoms with E-state index in [-0.39, 0.29) is 0 Å². The van der Waals surface area contributed by atoms with Gasteiger partial charge in [0.2, 0.25) is 0 Å². The van der Waals surface area contributed by atoms with Crippen LogP contribution in [0.2, 0.25) is 0 Å². The van der Waals surface area contributed by atoms with Crippen molar-refractivity contribution < 1.29 is 0 Å². The average molecular weight is 145 g/mol. The molecule has 1 heterocycles. The van der Waals surface area contributed by atoms with Gasteiger partial charge >= 0.3 is 0 Å². The van der Waals surface area contributed by atoms with Crippen LogP contribution in [0.5, 0.6) is 0 Å². The molecular formula is C6H9ClN2. The molecule has 1 aliphatic rings. The second-order valence-corrected chi connectivity index (χ2v) is 3.06. The van der Waals surface area contributed by atoms with Crippen molar-refractivity contribution in [2.24, 2.45) is 9.98 Å². The summed E-state index contributed by atoms with van der Waals surface area (Å²) in [5.74, 6) is 0. The number of hydrogen-bond acceptors (Lipinski definition) is 2. The second kappa shape index (κ2) is 2.10. The maximum Gasteiger partial charge on any atom is 0.129 e. The van der Waals surface area contributed by atoms with Gasteiger partial charge in [-0.25, -0.2) is 0 Å². The lowest BCUT2D eigenvalue weighted by Crippen LogP contribution is -2.30. The molecule has 0 saturated carbocycles. The fourth-order valence-electron chi connectivity index (χ4n) is 0.607. The quantitative estimate of drug-likeness (QED) is 0.461.